The predicted octanol–water partition coefficient (Wildman–Crippen LogP) is 10.0. The molecule has 1 aliphatic heterocycles. The van der Waals surface area contributed by atoms with Crippen molar-refractivity contribution in [3.05, 3.63) is 115 Å². The average Bonchev–Trinajstić information content (AvgIpc) is 3.75. The van der Waals surface area contributed by atoms with E-state index in [2.05, 4.69) is 72.8 Å². The van der Waals surface area contributed by atoms with E-state index in [1.807, 2.05) is 36.4 Å². The molecular weight excluding hydrogens is 496 g/mol. The molecule has 2 atom stereocenters. The molecule has 2 unspecified atom stereocenters. The lowest BCUT2D eigenvalue weighted by Crippen LogP contribution is -2.15. The number of allylic oxidation sites excluding steroid dienone is 2. The van der Waals surface area contributed by atoms with Crippen LogP contribution in [0.4, 0.5) is 0 Å². The minimum absolute atomic E-state index is 0.0717. The molecule has 2 aliphatic rings. The van der Waals surface area contributed by atoms with Crippen molar-refractivity contribution in [1.82, 2.24) is 0 Å². The second-order valence-electron chi connectivity index (χ2n) is 10.7. The van der Waals surface area contributed by atoms with Gasteiger partial charge >= 0.3 is 0 Å². The highest BCUT2D eigenvalue weighted by molar-refractivity contribution is 6.25. The van der Waals surface area contributed by atoms with Gasteiger partial charge in [0.1, 0.15) is 45.4 Å². The van der Waals surface area contributed by atoms with Crippen LogP contribution >= 0.6 is 0 Å². The third-order valence-corrected chi connectivity index (χ3v) is 8.61. The Balaban J connectivity index is 1.47. The maximum atomic E-state index is 6.77. The molecule has 4 heteroatoms. The van der Waals surface area contributed by atoms with E-state index in [1.165, 1.54) is 0 Å². The monoisotopic (exact) mass is 516 g/mol. The molecule has 5 aromatic carbocycles. The molecule has 0 amide bonds. The number of benzene rings is 5. The minimum Gasteiger partial charge on any atom is -0.484 e. The van der Waals surface area contributed by atoms with Gasteiger partial charge in [-0.2, -0.15) is 0 Å². The third-order valence-electron chi connectivity index (χ3n) is 8.61. The molecule has 10 rings (SSSR count). The molecule has 0 radical (unpaired) electrons. The van der Waals surface area contributed by atoms with E-state index in [4.69, 9.17) is 18.0 Å². The van der Waals surface area contributed by atoms with E-state index < -0.39 is 0 Å². The molecular formula is C36H20O4. The maximum absolute atomic E-state index is 6.77. The molecule has 40 heavy (non-hydrogen) atoms. The highest BCUT2D eigenvalue weighted by atomic mass is 16.5. The Morgan fingerprint density at radius 3 is 1.57 bits per heavy atom. The first-order valence-corrected chi connectivity index (χ1v) is 13.6. The largest absolute Gasteiger partial charge is 0.484 e. The standard InChI is InChI=1S/C36H20O4/c1-5-13-27-19(9-1)23-17-24-20-10-2-6-14-28(20)38-34(24)31(33(23)37-27)32-35-25(21-11-3-7-15-29(21)39-35)18-26-22-12-4-8-16-30(22)40-36(26)32/h1-19,27H. The van der Waals surface area contributed by atoms with Gasteiger partial charge in [0.15, 0.2) is 0 Å². The summed E-state index contributed by atoms with van der Waals surface area (Å²) in [6, 6.07) is 29.1. The fourth-order valence-electron chi connectivity index (χ4n) is 6.84. The van der Waals surface area contributed by atoms with Crippen LogP contribution in [-0.2, 0) is 0 Å². The zero-order chi connectivity index (χ0) is 25.9. The van der Waals surface area contributed by atoms with Crippen molar-refractivity contribution >= 4 is 65.8 Å². The Kier molecular flexibility index (Phi) is 3.75. The van der Waals surface area contributed by atoms with Gasteiger partial charge in [0.05, 0.1) is 11.1 Å². The van der Waals surface area contributed by atoms with Crippen molar-refractivity contribution in [3.63, 3.8) is 0 Å². The number of hydrogen-bond donors (Lipinski definition) is 0. The summed E-state index contributed by atoms with van der Waals surface area (Å²) in [7, 11) is 0. The quantitative estimate of drug-likeness (QED) is 0.218. The van der Waals surface area contributed by atoms with E-state index in [0.29, 0.717) is 0 Å². The van der Waals surface area contributed by atoms with Gasteiger partial charge in [-0.25, -0.2) is 0 Å². The number of rotatable bonds is 1. The lowest BCUT2D eigenvalue weighted by atomic mass is 9.88. The highest BCUT2D eigenvalue weighted by Gasteiger charge is 2.38. The summed E-state index contributed by atoms with van der Waals surface area (Å²) in [6.07, 6.45) is 8.45. The van der Waals surface area contributed by atoms with Gasteiger partial charge in [0, 0.05) is 43.8 Å². The Hall–Kier alpha value is -5.22. The summed E-state index contributed by atoms with van der Waals surface area (Å²) in [5, 5.41) is 6.37. The van der Waals surface area contributed by atoms with E-state index in [-0.39, 0.29) is 12.0 Å². The van der Waals surface area contributed by atoms with Crippen molar-refractivity contribution in [1.29, 1.82) is 0 Å². The SMILES string of the molecule is C1=CC2Oc3c(cc4c(oc5ccccc54)c3-c3c4oc5ccccc5c4cc4c3oc3ccccc34)C2C=C1. The third kappa shape index (κ3) is 2.51. The summed E-state index contributed by atoms with van der Waals surface area (Å²) in [6.45, 7) is 0. The van der Waals surface area contributed by atoms with Gasteiger partial charge in [-0.15, -0.1) is 0 Å². The van der Waals surface area contributed by atoms with Crippen molar-refractivity contribution in [2.45, 2.75) is 12.0 Å². The van der Waals surface area contributed by atoms with Crippen molar-refractivity contribution in [2.75, 3.05) is 0 Å². The molecule has 4 heterocycles. The molecule has 1 aliphatic carbocycles. The van der Waals surface area contributed by atoms with Crippen LogP contribution in [0.3, 0.4) is 0 Å². The van der Waals surface area contributed by atoms with Gasteiger partial charge < -0.3 is 18.0 Å². The fraction of sp³-hybridized carbons (Fsp3) is 0.0556. The predicted molar refractivity (Wildman–Crippen MR) is 159 cm³/mol. The molecule has 4 nitrogen and oxygen atoms in total. The van der Waals surface area contributed by atoms with E-state index >= 15 is 0 Å². The van der Waals surface area contributed by atoms with Crippen molar-refractivity contribution < 1.29 is 18.0 Å². The molecule has 0 saturated carbocycles. The Labute approximate surface area is 227 Å². The first-order chi connectivity index (χ1) is 19.8. The van der Waals surface area contributed by atoms with Crippen molar-refractivity contribution in [2.24, 2.45) is 0 Å². The fourth-order valence-corrected chi connectivity index (χ4v) is 6.84. The van der Waals surface area contributed by atoms with Crippen molar-refractivity contribution in [3.8, 4) is 16.9 Å². The average molecular weight is 517 g/mol. The first kappa shape index (κ1) is 20.7. The molecule has 0 N–H and O–H groups in total. The number of furan rings is 3. The molecule has 188 valence electrons. The van der Waals surface area contributed by atoms with Crippen LogP contribution in [0.1, 0.15) is 11.5 Å². The summed E-state index contributed by atoms with van der Waals surface area (Å²) >= 11 is 0. The topological polar surface area (TPSA) is 48.7 Å². The van der Waals surface area contributed by atoms with Crippen LogP contribution in [0.25, 0.3) is 76.9 Å². The lowest BCUT2D eigenvalue weighted by molar-refractivity contribution is 0.270. The molecule has 3 aromatic heterocycles. The van der Waals surface area contributed by atoms with Gasteiger partial charge in [-0.3, -0.25) is 0 Å². The Bertz CT molecular complexity index is 2340. The summed E-state index contributed by atoms with van der Waals surface area (Å²) < 4.78 is 26.7. The van der Waals surface area contributed by atoms with Crippen LogP contribution in [0, 0.1) is 0 Å². The number of fused-ring (bicyclic) bond motifs is 12. The normalized spacial score (nSPS) is 18.0. The summed E-state index contributed by atoms with van der Waals surface area (Å²) in [4.78, 5) is 0. The van der Waals surface area contributed by atoms with E-state index in [1.54, 1.807) is 0 Å². The minimum atomic E-state index is -0.0717. The molecule has 0 fully saturated rings. The number of hydrogen-bond acceptors (Lipinski definition) is 4. The number of ether oxygens (including phenoxy) is 1. The first-order valence-electron chi connectivity index (χ1n) is 13.6. The van der Waals surface area contributed by atoms with Crippen LogP contribution in [0.15, 0.2) is 122 Å². The van der Waals surface area contributed by atoms with E-state index in [9.17, 15) is 0 Å². The van der Waals surface area contributed by atoms with E-state index in [0.717, 1.165) is 88.3 Å². The lowest BCUT2D eigenvalue weighted by Gasteiger charge is -2.14. The second kappa shape index (κ2) is 7.25. The molecule has 0 spiro atoms. The smallest absolute Gasteiger partial charge is 0.147 e. The molecule has 8 aromatic rings. The Morgan fingerprint density at radius 2 is 0.975 bits per heavy atom. The van der Waals surface area contributed by atoms with Gasteiger partial charge in [-0.05, 0) is 36.4 Å². The zero-order valence-corrected chi connectivity index (χ0v) is 21.2. The Morgan fingerprint density at radius 1 is 0.475 bits per heavy atom. The second-order valence-corrected chi connectivity index (χ2v) is 10.7. The van der Waals surface area contributed by atoms with Gasteiger partial charge in [-0.1, -0.05) is 72.8 Å². The van der Waals surface area contributed by atoms with Crippen LogP contribution in [0.5, 0.6) is 5.75 Å². The number of para-hydroxylation sites is 3. The zero-order valence-electron chi connectivity index (χ0n) is 21.2. The van der Waals surface area contributed by atoms with Crippen LogP contribution in [0.2, 0.25) is 0 Å². The van der Waals surface area contributed by atoms with Crippen LogP contribution in [-0.4, -0.2) is 6.10 Å². The highest BCUT2D eigenvalue weighted by Crippen LogP contribution is 2.55. The van der Waals surface area contributed by atoms with Gasteiger partial charge in [0.25, 0.3) is 0 Å². The van der Waals surface area contributed by atoms with Crippen LogP contribution < -0.4 is 4.74 Å². The van der Waals surface area contributed by atoms with Gasteiger partial charge in [0.2, 0.25) is 0 Å². The maximum Gasteiger partial charge on any atom is 0.147 e. The summed E-state index contributed by atoms with van der Waals surface area (Å²) in [5.74, 6) is 0.949. The molecule has 0 saturated heterocycles. The summed E-state index contributed by atoms with van der Waals surface area (Å²) in [5.41, 5.74) is 7.74. The molecule has 0 bridgehead atoms.